The fourth-order valence-corrected chi connectivity index (χ4v) is 3.74. The monoisotopic (exact) mass is 406 g/mol. The molecule has 0 aliphatic carbocycles. The molecule has 30 heavy (non-hydrogen) atoms. The van der Waals surface area contributed by atoms with E-state index in [1.54, 1.807) is 10.9 Å². The summed E-state index contributed by atoms with van der Waals surface area (Å²) in [5.74, 6) is -1.26. The van der Waals surface area contributed by atoms with E-state index in [0.29, 0.717) is 12.4 Å². The second-order valence-electron chi connectivity index (χ2n) is 7.14. The third-order valence-corrected chi connectivity index (χ3v) is 5.25. The molecule has 0 amide bonds. The van der Waals surface area contributed by atoms with E-state index in [0.717, 1.165) is 41.8 Å². The third-order valence-electron chi connectivity index (χ3n) is 5.25. The maximum atomic E-state index is 13.9. The number of carbonyl (C=O) groups excluding carboxylic acids is 1. The van der Waals surface area contributed by atoms with Crippen LogP contribution in [-0.4, -0.2) is 35.5 Å². The Kier molecular flexibility index (Phi) is 4.42. The number of nitrogens with zero attached hydrogens (tertiary/aromatic N) is 6. The molecule has 0 fully saturated rings. The predicted molar refractivity (Wildman–Crippen MR) is 103 cm³/mol. The second-order valence-corrected chi connectivity index (χ2v) is 7.14. The minimum atomic E-state index is -0.736. The number of tetrazole rings is 1. The maximum Gasteiger partial charge on any atom is 0.187 e. The van der Waals surface area contributed by atoms with Crippen molar-refractivity contribution in [2.75, 3.05) is 0 Å². The van der Waals surface area contributed by atoms with E-state index in [2.05, 4.69) is 20.5 Å². The molecule has 0 atom stereocenters. The Morgan fingerprint density at radius 2 is 1.97 bits per heavy atom. The lowest BCUT2D eigenvalue weighted by Crippen LogP contribution is -2.08. The molecular formula is C21H16F2N6O. The molecule has 1 aliphatic heterocycles. The fourth-order valence-electron chi connectivity index (χ4n) is 3.74. The summed E-state index contributed by atoms with van der Waals surface area (Å²) in [5, 5.41) is 11.2. The topological polar surface area (TPSA) is 78.5 Å². The van der Waals surface area contributed by atoms with Gasteiger partial charge in [0.1, 0.15) is 29.5 Å². The highest BCUT2D eigenvalue weighted by molar-refractivity contribution is 5.96. The Morgan fingerprint density at radius 1 is 1.13 bits per heavy atom. The van der Waals surface area contributed by atoms with Crippen LogP contribution in [-0.2, 0) is 19.4 Å². The molecule has 0 saturated heterocycles. The number of aromatic nitrogens is 6. The molecule has 2 aromatic carbocycles. The molecule has 7 nitrogen and oxygen atoms in total. The summed E-state index contributed by atoms with van der Waals surface area (Å²) in [6.07, 6.45) is 4.54. The van der Waals surface area contributed by atoms with E-state index in [9.17, 15) is 13.6 Å². The average Bonchev–Trinajstić information content (AvgIpc) is 3.39. The Bertz CT molecular complexity index is 1230. The zero-order chi connectivity index (χ0) is 20.7. The highest BCUT2D eigenvalue weighted by Gasteiger charge is 2.22. The molecule has 0 unspecified atom stereocenters. The van der Waals surface area contributed by atoms with Gasteiger partial charge in [0.2, 0.25) is 0 Å². The molecule has 150 valence electrons. The highest BCUT2D eigenvalue weighted by Crippen LogP contribution is 2.30. The van der Waals surface area contributed by atoms with Crippen molar-refractivity contribution in [3.05, 3.63) is 77.4 Å². The van der Waals surface area contributed by atoms with E-state index >= 15 is 0 Å². The summed E-state index contributed by atoms with van der Waals surface area (Å²) in [7, 11) is 0. The van der Waals surface area contributed by atoms with E-state index in [1.807, 2.05) is 22.8 Å². The molecule has 1 aliphatic rings. The van der Waals surface area contributed by atoms with Gasteiger partial charge in [0.25, 0.3) is 0 Å². The normalized spacial score (nSPS) is 12.9. The standard InChI is InChI=1S/C21H16F2N6O/c22-17-4-1-5-18(23)16(17)10-20(30)19-11-28-8-2-3-13-6-7-14(29-12-24-26-27-29)9-15(13)21(28)25-19/h1,4-7,9,11-12H,2-3,8,10H2. The van der Waals surface area contributed by atoms with Crippen molar-refractivity contribution < 1.29 is 13.6 Å². The molecular weight excluding hydrogens is 390 g/mol. The number of fused-ring (bicyclic) bond motifs is 3. The largest absolute Gasteiger partial charge is 0.330 e. The van der Waals surface area contributed by atoms with Crippen LogP contribution in [0.2, 0.25) is 0 Å². The van der Waals surface area contributed by atoms with Crippen molar-refractivity contribution in [3.8, 4) is 17.1 Å². The number of rotatable bonds is 4. The van der Waals surface area contributed by atoms with Crippen LogP contribution >= 0.6 is 0 Å². The highest BCUT2D eigenvalue weighted by atomic mass is 19.1. The first-order valence-electron chi connectivity index (χ1n) is 9.50. The summed E-state index contributed by atoms with van der Waals surface area (Å²) in [4.78, 5) is 17.3. The molecule has 0 radical (unpaired) electrons. The third kappa shape index (κ3) is 3.18. The van der Waals surface area contributed by atoms with Crippen molar-refractivity contribution in [1.29, 1.82) is 0 Å². The van der Waals surface area contributed by atoms with Gasteiger partial charge in [0.15, 0.2) is 5.78 Å². The van der Waals surface area contributed by atoms with Gasteiger partial charge in [-0.1, -0.05) is 12.1 Å². The average molecular weight is 406 g/mol. The quantitative estimate of drug-likeness (QED) is 0.487. The number of carbonyl (C=O) groups is 1. The van der Waals surface area contributed by atoms with Gasteiger partial charge in [0, 0.05) is 30.3 Å². The van der Waals surface area contributed by atoms with Crippen LogP contribution in [0.3, 0.4) is 0 Å². The number of halogens is 2. The van der Waals surface area contributed by atoms with Crippen LogP contribution in [0.4, 0.5) is 8.78 Å². The lowest BCUT2D eigenvalue weighted by atomic mass is 10.0. The minimum Gasteiger partial charge on any atom is -0.330 e. The smallest absolute Gasteiger partial charge is 0.187 e. The zero-order valence-corrected chi connectivity index (χ0v) is 15.8. The Hall–Kier alpha value is -3.75. The molecule has 0 N–H and O–H groups in total. The van der Waals surface area contributed by atoms with E-state index in [-0.39, 0.29) is 17.7 Å². The summed E-state index contributed by atoms with van der Waals surface area (Å²) in [5.41, 5.74) is 2.71. The molecule has 0 saturated carbocycles. The molecule has 2 aromatic heterocycles. The number of Topliss-reactive ketones (excluding diaryl/α,β-unsaturated/α-hetero) is 1. The van der Waals surface area contributed by atoms with Gasteiger partial charge in [-0.25, -0.2) is 18.4 Å². The number of hydrogen-bond acceptors (Lipinski definition) is 5. The van der Waals surface area contributed by atoms with Crippen molar-refractivity contribution in [2.45, 2.75) is 25.8 Å². The van der Waals surface area contributed by atoms with Crippen molar-refractivity contribution in [3.63, 3.8) is 0 Å². The van der Waals surface area contributed by atoms with E-state index in [1.165, 1.54) is 12.4 Å². The Morgan fingerprint density at radius 3 is 2.73 bits per heavy atom. The van der Waals surface area contributed by atoms with Gasteiger partial charge < -0.3 is 4.57 Å². The van der Waals surface area contributed by atoms with Gasteiger partial charge >= 0.3 is 0 Å². The van der Waals surface area contributed by atoms with Crippen molar-refractivity contribution >= 4 is 5.78 Å². The number of ketones is 1. The van der Waals surface area contributed by atoms with E-state index in [4.69, 9.17) is 0 Å². The van der Waals surface area contributed by atoms with Gasteiger partial charge in [0.05, 0.1) is 5.69 Å². The Labute approximate surface area is 170 Å². The van der Waals surface area contributed by atoms with Gasteiger partial charge in [-0.2, -0.15) is 0 Å². The number of hydrogen-bond donors (Lipinski definition) is 0. The van der Waals surface area contributed by atoms with Gasteiger partial charge in [-0.3, -0.25) is 4.79 Å². The van der Waals surface area contributed by atoms with Gasteiger partial charge in [-0.05, 0) is 53.1 Å². The fraction of sp³-hybridized carbons (Fsp3) is 0.190. The first-order chi connectivity index (χ1) is 14.6. The molecule has 3 heterocycles. The molecule has 5 rings (SSSR count). The molecule has 0 bridgehead atoms. The summed E-state index contributed by atoms with van der Waals surface area (Å²) < 4.78 is 31.4. The molecule has 9 heteroatoms. The Balaban J connectivity index is 1.53. The van der Waals surface area contributed by atoms with Crippen LogP contribution in [0, 0.1) is 11.6 Å². The summed E-state index contributed by atoms with van der Waals surface area (Å²) in [6, 6.07) is 9.43. The lowest BCUT2D eigenvalue weighted by molar-refractivity contribution is 0.0986. The van der Waals surface area contributed by atoms with Crippen LogP contribution < -0.4 is 0 Å². The zero-order valence-electron chi connectivity index (χ0n) is 15.8. The second kappa shape index (κ2) is 7.25. The lowest BCUT2D eigenvalue weighted by Gasteiger charge is -2.08. The number of benzene rings is 2. The van der Waals surface area contributed by atoms with E-state index < -0.39 is 17.4 Å². The molecule has 0 spiro atoms. The maximum absolute atomic E-state index is 13.9. The molecule has 4 aromatic rings. The van der Waals surface area contributed by atoms with Crippen molar-refractivity contribution in [2.24, 2.45) is 0 Å². The van der Waals surface area contributed by atoms with Crippen LogP contribution in [0.25, 0.3) is 17.1 Å². The summed E-state index contributed by atoms with van der Waals surface area (Å²) in [6.45, 7) is 0.693. The first kappa shape index (κ1) is 18.3. The SMILES string of the molecule is O=C(Cc1c(F)cccc1F)c1cn2c(n1)-c1cc(-n3cnnn3)ccc1CCC2. The van der Waals surface area contributed by atoms with Crippen molar-refractivity contribution in [1.82, 2.24) is 29.8 Å². The first-order valence-corrected chi connectivity index (χ1v) is 9.50. The number of imidazole rings is 1. The van der Waals surface area contributed by atoms with Crippen LogP contribution in [0.5, 0.6) is 0 Å². The van der Waals surface area contributed by atoms with Gasteiger partial charge in [-0.15, -0.1) is 5.10 Å². The minimum absolute atomic E-state index is 0.188. The number of aryl methyl sites for hydroxylation is 2. The van der Waals surface area contributed by atoms with Crippen LogP contribution in [0.15, 0.2) is 48.9 Å². The predicted octanol–water partition coefficient (Wildman–Crippen LogP) is 3.18. The van der Waals surface area contributed by atoms with Crippen LogP contribution in [0.1, 0.15) is 28.0 Å². The summed E-state index contributed by atoms with van der Waals surface area (Å²) >= 11 is 0.